The minimum atomic E-state index is -3.85. The van der Waals surface area contributed by atoms with Crippen LogP contribution in [0.3, 0.4) is 0 Å². The van der Waals surface area contributed by atoms with Gasteiger partial charge in [0, 0.05) is 31.4 Å². The van der Waals surface area contributed by atoms with Crippen molar-refractivity contribution >= 4 is 32.5 Å². The maximum Gasteiger partial charge on any atom is 0.322 e. The van der Waals surface area contributed by atoms with Gasteiger partial charge in [0.25, 0.3) is 0 Å². The molecule has 9 heteroatoms. The number of aliphatic carboxylic acids is 1. The van der Waals surface area contributed by atoms with Crippen LogP contribution in [0.5, 0.6) is 0 Å². The van der Waals surface area contributed by atoms with Gasteiger partial charge in [-0.3, -0.25) is 4.79 Å². The van der Waals surface area contributed by atoms with Crippen LogP contribution in [0.15, 0.2) is 95.9 Å². The number of aliphatic hydroxyl groups excluding tert-OH is 1. The second-order valence-corrected chi connectivity index (χ2v) is 13.0. The average Bonchev–Trinajstić information content (AvgIpc) is 2.95. The number of nitrogens with zero attached hydrogens (tertiary/aromatic N) is 1. The van der Waals surface area contributed by atoms with E-state index in [1.807, 2.05) is 18.2 Å². The van der Waals surface area contributed by atoms with Crippen molar-refractivity contribution in [1.82, 2.24) is 9.62 Å². The highest BCUT2D eigenvalue weighted by Crippen LogP contribution is 2.26. The highest BCUT2D eigenvalue weighted by molar-refractivity contribution is 7.89. The first-order valence-electron chi connectivity index (χ1n) is 13.5. The minimum absolute atomic E-state index is 0.0600. The molecule has 0 aromatic heterocycles. The lowest BCUT2D eigenvalue weighted by molar-refractivity contribution is -0.134. The molecule has 4 aromatic carbocycles. The van der Waals surface area contributed by atoms with Crippen LogP contribution in [0.1, 0.15) is 19.4 Å². The van der Waals surface area contributed by atoms with Gasteiger partial charge in [-0.15, -0.1) is 0 Å². The molecule has 8 nitrogen and oxygen atoms in total. The molecular formula is C32H37N3O5S. The molecule has 0 aliphatic rings. The van der Waals surface area contributed by atoms with Gasteiger partial charge in [0.15, 0.2) is 0 Å². The molecule has 1 atom stereocenters. The van der Waals surface area contributed by atoms with Crippen LogP contribution in [-0.2, 0) is 21.2 Å². The quantitative estimate of drug-likeness (QED) is 0.184. The Hall–Kier alpha value is -3.76. The third-order valence-electron chi connectivity index (χ3n) is 6.95. The molecule has 0 heterocycles. The van der Waals surface area contributed by atoms with Crippen molar-refractivity contribution in [2.75, 3.05) is 32.0 Å². The van der Waals surface area contributed by atoms with Crippen molar-refractivity contribution in [2.24, 2.45) is 0 Å². The molecule has 41 heavy (non-hydrogen) atoms. The van der Waals surface area contributed by atoms with Crippen LogP contribution in [0, 0.1) is 0 Å². The predicted octanol–water partition coefficient (Wildman–Crippen LogP) is 4.60. The number of sulfonamides is 1. The second kappa shape index (κ2) is 12.8. The highest BCUT2D eigenvalue weighted by atomic mass is 32.2. The van der Waals surface area contributed by atoms with Crippen molar-refractivity contribution in [2.45, 2.75) is 36.8 Å². The smallest absolute Gasteiger partial charge is 0.322 e. The third kappa shape index (κ3) is 8.14. The summed E-state index contributed by atoms with van der Waals surface area (Å²) in [6.07, 6.45) is -0.151. The van der Waals surface area contributed by atoms with Crippen LogP contribution in [-0.4, -0.2) is 67.2 Å². The number of hydrogen-bond acceptors (Lipinski definition) is 6. The molecule has 0 aliphatic carbocycles. The summed E-state index contributed by atoms with van der Waals surface area (Å²) in [5.74, 6) is -0.957. The van der Waals surface area contributed by atoms with Gasteiger partial charge in [-0.2, -0.15) is 4.31 Å². The molecule has 0 aliphatic heterocycles. The van der Waals surface area contributed by atoms with Gasteiger partial charge in [-0.1, -0.05) is 66.7 Å². The van der Waals surface area contributed by atoms with Crippen molar-refractivity contribution in [3.8, 4) is 11.1 Å². The number of carbonyl (C=O) groups is 1. The zero-order chi connectivity index (χ0) is 29.6. The summed E-state index contributed by atoms with van der Waals surface area (Å²) < 4.78 is 27.8. The van der Waals surface area contributed by atoms with Crippen LogP contribution in [0.2, 0.25) is 0 Å². The summed E-state index contributed by atoms with van der Waals surface area (Å²) in [5, 5.41) is 28.1. The van der Waals surface area contributed by atoms with E-state index in [0.29, 0.717) is 11.3 Å². The number of benzene rings is 4. The minimum Gasteiger partial charge on any atom is -0.480 e. The lowest BCUT2D eigenvalue weighted by Gasteiger charge is -2.29. The fourth-order valence-corrected chi connectivity index (χ4v) is 6.00. The predicted molar refractivity (Wildman–Crippen MR) is 164 cm³/mol. The number of carboxylic acid groups (broad SMARTS) is 1. The molecule has 4 aromatic rings. The van der Waals surface area contributed by atoms with Crippen molar-refractivity contribution in [3.05, 3.63) is 96.6 Å². The van der Waals surface area contributed by atoms with E-state index in [-0.39, 0.29) is 30.1 Å². The Kier molecular flexibility index (Phi) is 9.45. The van der Waals surface area contributed by atoms with Crippen LogP contribution in [0.25, 0.3) is 21.9 Å². The standard InChI is InChI=1S/C32H37N3O5S/c1-32(2,19-23-11-12-24-7-4-5-8-26(24)17-23)34-20-29(36)22-35(3)41(39,40)30-10-6-9-27(18-30)25-13-15-28(16-14-25)33-21-31(37)38/h4-18,29,33-34,36H,19-22H2,1-3H3,(H,37,38). The van der Waals surface area contributed by atoms with E-state index in [0.717, 1.165) is 12.0 Å². The van der Waals surface area contributed by atoms with Crippen LogP contribution in [0.4, 0.5) is 5.69 Å². The summed E-state index contributed by atoms with van der Waals surface area (Å²) in [7, 11) is -2.38. The Morgan fingerprint density at radius 2 is 1.61 bits per heavy atom. The number of likely N-dealkylation sites (N-methyl/N-ethyl adjacent to an activating group) is 1. The average molecular weight is 576 g/mol. The maximum absolute atomic E-state index is 13.3. The number of rotatable bonds is 13. The molecular weight excluding hydrogens is 538 g/mol. The lowest BCUT2D eigenvalue weighted by atomic mass is 9.93. The van der Waals surface area contributed by atoms with Gasteiger partial charge in [-0.25, -0.2) is 8.42 Å². The Morgan fingerprint density at radius 1 is 0.902 bits per heavy atom. The molecule has 0 bridgehead atoms. The van der Waals surface area contributed by atoms with Gasteiger partial charge >= 0.3 is 5.97 Å². The number of nitrogens with one attached hydrogen (secondary N) is 2. The zero-order valence-corrected chi connectivity index (χ0v) is 24.4. The highest BCUT2D eigenvalue weighted by Gasteiger charge is 2.25. The monoisotopic (exact) mass is 575 g/mol. The number of aliphatic hydroxyl groups is 1. The molecule has 216 valence electrons. The van der Waals surface area contributed by atoms with Crippen molar-refractivity contribution in [1.29, 1.82) is 0 Å². The normalized spacial score (nSPS) is 12.9. The zero-order valence-electron chi connectivity index (χ0n) is 23.5. The summed E-state index contributed by atoms with van der Waals surface area (Å²) in [4.78, 5) is 10.9. The van der Waals surface area contributed by atoms with Crippen LogP contribution < -0.4 is 10.6 Å². The largest absolute Gasteiger partial charge is 0.480 e. The summed E-state index contributed by atoms with van der Waals surface area (Å²) in [6.45, 7) is 4.12. The Bertz CT molecular complexity index is 1600. The molecule has 0 saturated heterocycles. The second-order valence-electron chi connectivity index (χ2n) is 10.9. The van der Waals surface area contributed by atoms with E-state index in [9.17, 15) is 18.3 Å². The molecule has 0 saturated carbocycles. The molecule has 0 spiro atoms. The molecule has 0 amide bonds. The van der Waals surface area contributed by atoms with Crippen LogP contribution >= 0.6 is 0 Å². The molecule has 0 fully saturated rings. The first-order chi connectivity index (χ1) is 19.4. The summed E-state index contributed by atoms with van der Waals surface area (Å²) in [5.41, 5.74) is 3.03. The summed E-state index contributed by atoms with van der Waals surface area (Å²) >= 11 is 0. The van der Waals surface area contributed by atoms with Gasteiger partial charge < -0.3 is 20.8 Å². The van der Waals surface area contributed by atoms with Gasteiger partial charge in [0.2, 0.25) is 10.0 Å². The molecule has 4 rings (SSSR count). The first kappa shape index (κ1) is 30.2. The summed E-state index contributed by atoms with van der Waals surface area (Å²) in [6, 6.07) is 28.3. The molecule has 1 unspecified atom stereocenters. The maximum atomic E-state index is 13.3. The molecule has 4 N–H and O–H groups in total. The lowest BCUT2D eigenvalue weighted by Crippen LogP contribution is -2.47. The third-order valence-corrected chi connectivity index (χ3v) is 8.77. The Labute approximate surface area is 241 Å². The van der Waals surface area contributed by atoms with E-state index >= 15 is 0 Å². The van der Waals surface area contributed by atoms with Gasteiger partial charge in [0.05, 0.1) is 11.0 Å². The van der Waals surface area contributed by atoms with E-state index < -0.39 is 22.1 Å². The van der Waals surface area contributed by atoms with E-state index in [1.165, 1.54) is 33.8 Å². The SMILES string of the molecule is CN(CC(O)CNC(C)(C)Cc1ccc2ccccc2c1)S(=O)(=O)c1cccc(-c2ccc(NCC(=O)O)cc2)c1. The number of hydrogen-bond donors (Lipinski definition) is 4. The fraction of sp³-hybridized carbons (Fsp3) is 0.281. The van der Waals surface area contributed by atoms with Gasteiger partial charge in [-0.05, 0) is 72.0 Å². The van der Waals surface area contributed by atoms with E-state index in [2.05, 4.69) is 54.8 Å². The topological polar surface area (TPSA) is 119 Å². The molecule has 0 radical (unpaired) electrons. The number of carboxylic acids is 1. The first-order valence-corrected chi connectivity index (χ1v) is 14.9. The number of β-amino-alcohol motifs (C(OH)–C–C–N with tert-alkyl or cyclic N) is 1. The van der Waals surface area contributed by atoms with Crippen molar-refractivity contribution in [3.63, 3.8) is 0 Å². The number of fused-ring (bicyclic) bond motifs is 1. The van der Waals surface area contributed by atoms with E-state index in [4.69, 9.17) is 5.11 Å². The van der Waals surface area contributed by atoms with E-state index in [1.54, 1.807) is 36.4 Å². The Balaban J connectivity index is 1.35. The fourth-order valence-electron chi connectivity index (χ4n) is 4.75. The van der Waals surface area contributed by atoms with Gasteiger partial charge in [0.1, 0.15) is 6.54 Å². The Morgan fingerprint density at radius 3 is 2.32 bits per heavy atom. The number of anilines is 1. The van der Waals surface area contributed by atoms with Crippen molar-refractivity contribution < 1.29 is 23.4 Å².